The Balaban J connectivity index is 2.91. The van der Waals surface area contributed by atoms with Crippen LogP contribution in [0, 0.1) is 0 Å². The van der Waals surface area contributed by atoms with Crippen molar-refractivity contribution in [1.29, 1.82) is 0 Å². The van der Waals surface area contributed by atoms with Gasteiger partial charge in [0.15, 0.2) is 5.65 Å². The Labute approximate surface area is 78.9 Å². The Morgan fingerprint density at radius 1 is 1.50 bits per heavy atom. The van der Waals surface area contributed by atoms with Gasteiger partial charge in [0.2, 0.25) is 5.95 Å². The van der Waals surface area contributed by atoms with E-state index in [1.54, 1.807) is 6.07 Å². The fourth-order valence-corrected chi connectivity index (χ4v) is 1.19. The molecular weight excluding hydrogens is 184 g/mol. The summed E-state index contributed by atoms with van der Waals surface area (Å²) in [5.41, 5.74) is 5.48. The molecule has 0 unspecified atom stereocenters. The monoisotopic (exact) mass is 192 g/mol. The normalized spacial score (nSPS) is 10.4. The van der Waals surface area contributed by atoms with Gasteiger partial charge >= 0.3 is 0 Å². The van der Waals surface area contributed by atoms with Gasteiger partial charge in [0, 0.05) is 17.6 Å². The molecule has 0 aromatic carbocycles. The maximum absolute atomic E-state index is 11.3. The fraction of sp³-hybridized carbons (Fsp3) is 0.125. The van der Waals surface area contributed by atoms with Crippen molar-refractivity contribution >= 4 is 17.0 Å². The first-order chi connectivity index (χ1) is 6.72. The van der Waals surface area contributed by atoms with Crippen molar-refractivity contribution in [3.05, 3.63) is 28.7 Å². The van der Waals surface area contributed by atoms with Gasteiger partial charge in [0.25, 0.3) is 5.56 Å². The van der Waals surface area contributed by atoms with Gasteiger partial charge in [-0.15, -0.1) is 4.73 Å². The lowest BCUT2D eigenvalue weighted by atomic mass is 10.3. The Hall–Kier alpha value is -2.11. The number of nitrogens with two attached hydrogens (primary N) is 1. The highest BCUT2D eigenvalue weighted by Gasteiger charge is 2.04. The van der Waals surface area contributed by atoms with Crippen LogP contribution in [-0.4, -0.2) is 21.8 Å². The van der Waals surface area contributed by atoms with Crippen LogP contribution in [0.25, 0.3) is 11.0 Å². The quantitative estimate of drug-likeness (QED) is 0.654. The number of fused-ring (bicyclic) bond motifs is 1. The maximum Gasteiger partial charge on any atom is 0.285 e. The van der Waals surface area contributed by atoms with E-state index in [0.717, 1.165) is 4.73 Å². The number of pyridine rings is 1. The van der Waals surface area contributed by atoms with Gasteiger partial charge in [-0.2, -0.15) is 4.98 Å². The Morgan fingerprint density at radius 3 is 3.00 bits per heavy atom. The molecule has 2 heterocycles. The molecule has 0 fully saturated rings. The molecule has 0 aliphatic carbocycles. The molecule has 14 heavy (non-hydrogen) atoms. The number of nitrogens with zero attached hydrogens (tertiary/aromatic N) is 3. The van der Waals surface area contributed by atoms with Gasteiger partial charge in [-0.25, -0.2) is 4.98 Å². The smallest absolute Gasteiger partial charge is 0.285 e. The van der Waals surface area contributed by atoms with E-state index in [1.165, 1.54) is 19.4 Å². The van der Waals surface area contributed by atoms with Gasteiger partial charge < -0.3 is 10.6 Å². The van der Waals surface area contributed by atoms with Crippen LogP contribution in [0.4, 0.5) is 5.95 Å². The third-order valence-electron chi connectivity index (χ3n) is 1.80. The van der Waals surface area contributed by atoms with Crippen LogP contribution in [0.15, 0.2) is 23.1 Å². The van der Waals surface area contributed by atoms with Gasteiger partial charge in [0.05, 0.1) is 0 Å². The van der Waals surface area contributed by atoms with E-state index >= 15 is 0 Å². The van der Waals surface area contributed by atoms with Crippen molar-refractivity contribution in [3.63, 3.8) is 0 Å². The SMILES string of the molecule is COn1c(=O)ccc2cnc(N)nc21. The van der Waals surface area contributed by atoms with Gasteiger partial charge in [-0.05, 0) is 6.07 Å². The van der Waals surface area contributed by atoms with Gasteiger partial charge in [-0.3, -0.25) is 4.79 Å². The van der Waals surface area contributed by atoms with Crippen molar-refractivity contribution < 1.29 is 4.84 Å². The Bertz CT molecular complexity index is 534. The third-order valence-corrected chi connectivity index (χ3v) is 1.80. The summed E-state index contributed by atoms with van der Waals surface area (Å²) in [6.45, 7) is 0. The highest BCUT2D eigenvalue weighted by atomic mass is 16.6. The number of rotatable bonds is 1. The lowest BCUT2D eigenvalue weighted by molar-refractivity contribution is 0.167. The number of aromatic nitrogens is 3. The second kappa shape index (κ2) is 2.99. The largest absolute Gasteiger partial charge is 0.412 e. The van der Waals surface area contributed by atoms with Gasteiger partial charge in [0.1, 0.15) is 7.11 Å². The van der Waals surface area contributed by atoms with Crippen molar-refractivity contribution in [3.8, 4) is 0 Å². The van der Waals surface area contributed by atoms with E-state index in [-0.39, 0.29) is 11.5 Å². The topological polar surface area (TPSA) is 83.0 Å². The molecule has 0 aliphatic heterocycles. The molecule has 0 atom stereocenters. The second-order valence-corrected chi connectivity index (χ2v) is 2.66. The Kier molecular flexibility index (Phi) is 1.81. The number of anilines is 1. The molecule has 0 bridgehead atoms. The molecular formula is C8H8N4O2. The third kappa shape index (κ3) is 1.17. The molecule has 2 aromatic heterocycles. The summed E-state index contributed by atoms with van der Waals surface area (Å²) in [4.78, 5) is 23.9. The highest BCUT2D eigenvalue weighted by Crippen LogP contribution is 2.07. The second-order valence-electron chi connectivity index (χ2n) is 2.66. The minimum absolute atomic E-state index is 0.105. The molecule has 2 N–H and O–H groups in total. The molecule has 72 valence electrons. The molecule has 0 saturated heterocycles. The number of hydrogen-bond donors (Lipinski definition) is 1. The van der Waals surface area contributed by atoms with E-state index in [0.29, 0.717) is 11.0 Å². The summed E-state index contributed by atoms with van der Waals surface area (Å²) in [6.07, 6.45) is 1.53. The van der Waals surface area contributed by atoms with E-state index in [2.05, 4.69) is 9.97 Å². The maximum atomic E-state index is 11.3. The average molecular weight is 192 g/mol. The average Bonchev–Trinajstić information content (AvgIpc) is 2.17. The van der Waals surface area contributed by atoms with Crippen LogP contribution < -0.4 is 16.1 Å². The summed E-state index contributed by atoms with van der Waals surface area (Å²) in [5, 5.41) is 0.695. The molecule has 6 heteroatoms. The fourth-order valence-electron chi connectivity index (χ4n) is 1.19. The van der Waals surface area contributed by atoms with Crippen LogP contribution in [0.5, 0.6) is 0 Å². The molecule has 0 spiro atoms. The zero-order chi connectivity index (χ0) is 10.1. The van der Waals surface area contributed by atoms with Crippen molar-refractivity contribution in [1.82, 2.24) is 14.7 Å². The summed E-state index contributed by atoms with van der Waals surface area (Å²) in [5.74, 6) is 0.105. The van der Waals surface area contributed by atoms with E-state index < -0.39 is 0 Å². The lowest BCUT2D eigenvalue weighted by Gasteiger charge is -2.05. The van der Waals surface area contributed by atoms with Crippen molar-refractivity contribution in [2.75, 3.05) is 12.8 Å². The van der Waals surface area contributed by atoms with Crippen LogP contribution in [-0.2, 0) is 0 Å². The predicted molar refractivity (Wildman–Crippen MR) is 50.7 cm³/mol. The Morgan fingerprint density at radius 2 is 2.29 bits per heavy atom. The summed E-state index contributed by atoms with van der Waals surface area (Å²) in [6, 6.07) is 3.00. The molecule has 2 rings (SSSR count). The zero-order valence-electron chi connectivity index (χ0n) is 7.47. The minimum Gasteiger partial charge on any atom is -0.412 e. The van der Waals surface area contributed by atoms with E-state index in [1.807, 2.05) is 0 Å². The molecule has 0 aliphatic rings. The molecule has 0 saturated carbocycles. The van der Waals surface area contributed by atoms with Gasteiger partial charge in [-0.1, -0.05) is 0 Å². The van der Waals surface area contributed by atoms with E-state index in [9.17, 15) is 4.79 Å². The summed E-state index contributed by atoms with van der Waals surface area (Å²) in [7, 11) is 1.39. The molecule has 0 radical (unpaired) electrons. The van der Waals surface area contributed by atoms with Crippen molar-refractivity contribution in [2.24, 2.45) is 0 Å². The molecule has 6 nitrogen and oxygen atoms in total. The van der Waals surface area contributed by atoms with Crippen molar-refractivity contribution in [2.45, 2.75) is 0 Å². The van der Waals surface area contributed by atoms with E-state index in [4.69, 9.17) is 10.6 Å². The standard InChI is InChI=1S/C8H8N4O2/c1-14-12-6(13)3-2-5-4-10-8(9)11-7(5)12/h2-4H,1H3,(H2,9,10,11). The zero-order valence-corrected chi connectivity index (χ0v) is 7.47. The summed E-state index contributed by atoms with van der Waals surface area (Å²) >= 11 is 0. The first-order valence-electron chi connectivity index (χ1n) is 3.91. The van der Waals surface area contributed by atoms with Crippen LogP contribution in [0.2, 0.25) is 0 Å². The molecule has 0 amide bonds. The van der Waals surface area contributed by atoms with Crippen LogP contribution in [0.3, 0.4) is 0 Å². The lowest BCUT2D eigenvalue weighted by Crippen LogP contribution is -2.25. The molecule has 2 aromatic rings. The first-order valence-corrected chi connectivity index (χ1v) is 3.91. The number of nitrogen functional groups attached to an aromatic ring is 1. The summed E-state index contributed by atoms with van der Waals surface area (Å²) < 4.78 is 1.06. The number of hydrogen-bond acceptors (Lipinski definition) is 5. The van der Waals surface area contributed by atoms with Crippen LogP contribution >= 0.6 is 0 Å². The van der Waals surface area contributed by atoms with Crippen LogP contribution in [0.1, 0.15) is 0 Å². The highest BCUT2D eigenvalue weighted by molar-refractivity contribution is 5.74. The minimum atomic E-state index is -0.293. The predicted octanol–water partition coefficient (Wildman–Crippen LogP) is -0.568. The first kappa shape index (κ1) is 8.49.